The van der Waals surface area contributed by atoms with E-state index in [1.54, 1.807) is 18.5 Å². The van der Waals surface area contributed by atoms with E-state index >= 15 is 0 Å². The van der Waals surface area contributed by atoms with Gasteiger partial charge in [0.1, 0.15) is 12.4 Å². The van der Waals surface area contributed by atoms with Crippen molar-refractivity contribution in [3.63, 3.8) is 0 Å². The molecule has 0 saturated carbocycles. The molecular formula is C27H29N5O3. The molecule has 180 valence electrons. The van der Waals surface area contributed by atoms with Gasteiger partial charge >= 0.3 is 0 Å². The number of carbonyl (C=O) groups is 1. The van der Waals surface area contributed by atoms with Gasteiger partial charge in [0.25, 0.3) is 5.91 Å². The van der Waals surface area contributed by atoms with Crippen LogP contribution in [0.3, 0.4) is 0 Å². The Morgan fingerprint density at radius 2 is 1.77 bits per heavy atom. The molecule has 0 spiro atoms. The zero-order valence-corrected chi connectivity index (χ0v) is 19.7. The second-order valence-corrected chi connectivity index (χ2v) is 8.65. The standard InChI is InChI=1S/C27H29N5O3/c1-2-23(33)19-35-24-7-5-22(6-8-24)30-14-16-31(17-15-30)26(34)21-4-9-25-20(18-21)10-13-32(25)27-28-11-3-12-29-27/h3-13,18,23,33H,2,14-17,19H2,1H3. The Hall–Kier alpha value is -3.91. The second-order valence-electron chi connectivity index (χ2n) is 8.65. The first-order chi connectivity index (χ1) is 17.1. The topological polar surface area (TPSA) is 83.7 Å². The van der Waals surface area contributed by atoms with Gasteiger partial charge in [-0.2, -0.15) is 0 Å². The van der Waals surface area contributed by atoms with Gasteiger partial charge in [-0.25, -0.2) is 9.97 Å². The lowest BCUT2D eigenvalue weighted by atomic mass is 10.1. The molecule has 2 aromatic heterocycles. The summed E-state index contributed by atoms with van der Waals surface area (Å²) in [6, 6.07) is 17.5. The van der Waals surface area contributed by atoms with Crippen LogP contribution < -0.4 is 9.64 Å². The van der Waals surface area contributed by atoms with Gasteiger partial charge in [-0.3, -0.25) is 9.36 Å². The molecule has 1 saturated heterocycles. The van der Waals surface area contributed by atoms with Crippen molar-refractivity contribution < 1.29 is 14.6 Å². The Kier molecular flexibility index (Phi) is 6.63. The molecule has 1 amide bonds. The van der Waals surface area contributed by atoms with Crippen molar-refractivity contribution in [2.24, 2.45) is 0 Å². The van der Waals surface area contributed by atoms with Gasteiger partial charge in [0.2, 0.25) is 5.95 Å². The van der Waals surface area contributed by atoms with E-state index in [1.165, 1.54) is 0 Å². The SMILES string of the molecule is CCC(O)COc1ccc(N2CCN(C(=O)c3ccc4c(ccn4-c4ncccn4)c3)CC2)cc1. The van der Waals surface area contributed by atoms with Crippen molar-refractivity contribution in [3.05, 3.63) is 78.8 Å². The minimum absolute atomic E-state index is 0.0495. The highest BCUT2D eigenvalue weighted by molar-refractivity contribution is 5.98. The summed E-state index contributed by atoms with van der Waals surface area (Å²) in [6.07, 6.45) is 5.58. The maximum Gasteiger partial charge on any atom is 0.253 e. The quantitative estimate of drug-likeness (QED) is 0.444. The molecular weight excluding hydrogens is 442 g/mol. The molecule has 0 aliphatic carbocycles. The number of fused-ring (bicyclic) bond motifs is 1. The number of amides is 1. The minimum Gasteiger partial charge on any atom is -0.491 e. The normalized spacial score (nSPS) is 14.8. The van der Waals surface area contributed by atoms with Gasteiger partial charge < -0.3 is 19.6 Å². The Bertz CT molecular complexity index is 1280. The fourth-order valence-electron chi connectivity index (χ4n) is 4.28. The lowest BCUT2D eigenvalue weighted by Gasteiger charge is -2.36. The number of aliphatic hydroxyl groups is 1. The number of benzene rings is 2. The highest BCUT2D eigenvalue weighted by Gasteiger charge is 2.23. The summed E-state index contributed by atoms with van der Waals surface area (Å²) in [6.45, 7) is 5.09. The monoisotopic (exact) mass is 471 g/mol. The number of anilines is 1. The molecule has 0 radical (unpaired) electrons. The average molecular weight is 472 g/mol. The van der Waals surface area contributed by atoms with E-state index < -0.39 is 6.10 Å². The van der Waals surface area contributed by atoms with Crippen LogP contribution in [0.25, 0.3) is 16.9 Å². The van der Waals surface area contributed by atoms with Crippen LogP contribution in [0.5, 0.6) is 5.75 Å². The van der Waals surface area contributed by atoms with Crippen LogP contribution in [0.2, 0.25) is 0 Å². The fraction of sp³-hybridized carbons (Fsp3) is 0.296. The van der Waals surface area contributed by atoms with Crippen LogP contribution in [-0.2, 0) is 0 Å². The van der Waals surface area contributed by atoms with Crippen LogP contribution >= 0.6 is 0 Å². The van der Waals surface area contributed by atoms with Gasteiger partial charge in [0, 0.05) is 61.4 Å². The van der Waals surface area contributed by atoms with Crippen LogP contribution in [-0.4, -0.2) is 69.3 Å². The molecule has 4 aromatic rings. The molecule has 1 aliphatic heterocycles. The van der Waals surface area contributed by atoms with Crippen LogP contribution in [0.1, 0.15) is 23.7 Å². The molecule has 1 fully saturated rings. The van der Waals surface area contributed by atoms with Crippen LogP contribution in [0.4, 0.5) is 5.69 Å². The molecule has 3 heterocycles. The van der Waals surface area contributed by atoms with E-state index in [2.05, 4.69) is 14.9 Å². The summed E-state index contributed by atoms with van der Waals surface area (Å²) in [4.78, 5) is 26.0. The molecule has 1 aliphatic rings. The average Bonchev–Trinajstić information content (AvgIpc) is 3.35. The largest absolute Gasteiger partial charge is 0.491 e. The van der Waals surface area contributed by atoms with E-state index in [1.807, 2.05) is 71.1 Å². The third-order valence-corrected chi connectivity index (χ3v) is 6.39. The summed E-state index contributed by atoms with van der Waals surface area (Å²) in [7, 11) is 0. The molecule has 0 bridgehead atoms. The maximum absolute atomic E-state index is 13.2. The van der Waals surface area contributed by atoms with Gasteiger partial charge in [-0.05, 0) is 61.0 Å². The summed E-state index contributed by atoms with van der Waals surface area (Å²) in [5, 5.41) is 10.6. The van der Waals surface area contributed by atoms with Crippen molar-refractivity contribution in [1.29, 1.82) is 0 Å². The van der Waals surface area contributed by atoms with Crippen molar-refractivity contribution in [2.45, 2.75) is 19.4 Å². The highest BCUT2D eigenvalue weighted by Crippen LogP contribution is 2.23. The van der Waals surface area contributed by atoms with Crippen LogP contribution in [0, 0.1) is 0 Å². The van der Waals surface area contributed by atoms with Gasteiger partial charge in [-0.1, -0.05) is 6.92 Å². The first-order valence-electron chi connectivity index (χ1n) is 12.0. The third kappa shape index (κ3) is 4.97. The van der Waals surface area contributed by atoms with E-state index in [0.29, 0.717) is 37.6 Å². The number of hydrogen-bond donors (Lipinski definition) is 1. The van der Waals surface area contributed by atoms with Crippen molar-refractivity contribution in [2.75, 3.05) is 37.7 Å². The summed E-state index contributed by atoms with van der Waals surface area (Å²) in [5.41, 5.74) is 2.76. The number of aromatic nitrogens is 3. The molecule has 1 N–H and O–H groups in total. The van der Waals surface area contributed by atoms with Gasteiger partial charge in [-0.15, -0.1) is 0 Å². The summed E-state index contributed by atoms with van der Waals surface area (Å²) >= 11 is 0. The number of rotatable bonds is 7. The molecule has 8 nitrogen and oxygen atoms in total. The fourth-order valence-corrected chi connectivity index (χ4v) is 4.28. The number of hydrogen-bond acceptors (Lipinski definition) is 6. The van der Waals surface area contributed by atoms with Crippen molar-refractivity contribution in [3.8, 4) is 11.7 Å². The predicted octanol–water partition coefficient (Wildman–Crippen LogP) is 3.53. The molecule has 35 heavy (non-hydrogen) atoms. The molecule has 2 aromatic carbocycles. The number of piperazine rings is 1. The summed E-state index contributed by atoms with van der Waals surface area (Å²) < 4.78 is 7.55. The zero-order valence-electron chi connectivity index (χ0n) is 19.7. The Morgan fingerprint density at radius 1 is 1.03 bits per heavy atom. The van der Waals surface area contributed by atoms with Crippen molar-refractivity contribution in [1.82, 2.24) is 19.4 Å². The van der Waals surface area contributed by atoms with E-state index in [0.717, 1.165) is 35.4 Å². The number of carbonyl (C=O) groups excluding carboxylic acids is 1. The minimum atomic E-state index is -0.446. The first-order valence-corrected chi connectivity index (χ1v) is 12.0. The molecule has 8 heteroatoms. The number of aliphatic hydroxyl groups excluding tert-OH is 1. The van der Waals surface area contributed by atoms with Gasteiger partial charge in [0.05, 0.1) is 11.6 Å². The Balaban J connectivity index is 1.21. The number of ether oxygens (including phenoxy) is 1. The Labute approximate surface area is 204 Å². The smallest absolute Gasteiger partial charge is 0.253 e. The number of nitrogens with zero attached hydrogens (tertiary/aromatic N) is 5. The first kappa shape index (κ1) is 22.9. The van der Waals surface area contributed by atoms with E-state index in [4.69, 9.17) is 4.74 Å². The van der Waals surface area contributed by atoms with E-state index in [9.17, 15) is 9.90 Å². The molecule has 1 atom stereocenters. The zero-order chi connectivity index (χ0) is 24.2. The lowest BCUT2D eigenvalue weighted by molar-refractivity contribution is 0.0747. The molecule has 5 rings (SSSR count). The Morgan fingerprint density at radius 3 is 2.49 bits per heavy atom. The third-order valence-electron chi connectivity index (χ3n) is 6.39. The molecule has 1 unspecified atom stereocenters. The summed E-state index contributed by atoms with van der Waals surface area (Å²) in [5.74, 6) is 1.41. The predicted molar refractivity (Wildman–Crippen MR) is 135 cm³/mol. The lowest BCUT2D eigenvalue weighted by Crippen LogP contribution is -2.48. The van der Waals surface area contributed by atoms with Crippen molar-refractivity contribution >= 4 is 22.5 Å². The van der Waals surface area contributed by atoms with E-state index in [-0.39, 0.29) is 5.91 Å². The van der Waals surface area contributed by atoms with Gasteiger partial charge in [0.15, 0.2) is 0 Å². The maximum atomic E-state index is 13.2. The van der Waals surface area contributed by atoms with Crippen LogP contribution in [0.15, 0.2) is 73.2 Å². The second kappa shape index (κ2) is 10.1. The highest BCUT2D eigenvalue weighted by atomic mass is 16.5.